The van der Waals surface area contributed by atoms with E-state index in [1.807, 2.05) is 18.2 Å². The lowest BCUT2D eigenvalue weighted by molar-refractivity contribution is -0.438. The summed E-state index contributed by atoms with van der Waals surface area (Å²) in [5.74, 6) is 1.04. The van der Waals surface area contributed by atoms with Crippen LogP contribution in [0, 0.1) is 6.92 Å². The van der Waals surface area contributed by atoms with E-state index in [-0.39, 0.29) is 0 Å². The van der Waals surface area contributed by atoms with E-state index in [9.17, 15) is 0 Å². The van der Waals surface area contributed by atoms with Crippen LogP contribution in [-0.2, 0) is 6.54 Å². The Hall–Kier alpha value is -2.72. The molecule has 2 heterocycles. The number of piperidine rings is 1. The zero-order valence-electron chi connectivity index (χ0n) is 15.9. The summed E-state index contributed by atoms with van der Waals surface area (Å²) in [5.41, 5.74) is 4.72. The number of rotatable bonds is 5. The zero-order chi connectivity index (χ0) is 18.5. The molecule has 0 bridgehead atoms. The Morgan fingerprint density at radius 2 is 1.67 bits per heavy atom. The van der Waals surface area contributed by atoms with Gasteiger partial charge < -0.3 is 0 Å². The third kappa shape index (κ3) is 4.52. The summed E-state index contributed by atoms with van der Waals surface area (Å²) in [5, 5.41) is 11.4. The molecule has 1 aromatic heterocycles. The maximum Gasteiger partial charge on any atom is 0.296 e. The van der Waals surface area contributed by atoms with Gasteiger partial charge in [0.1, 0.15) is 5.69 Å². The minimum Gasteiger partial charge on any atom is -0.299 e. The highest BCUT2D eigenvalue weighted by Crippen LogP contribution is 2.21. The number of aryl methyl sites for hydroxylation is 1. The van der Waals surface area contributed by atoms with E-state index < -0.39 is 0 Å². The van der Waals surface area contributed by atoms with Gasteiger partial charge in [-0.15, -0.1) is 5.10 Å². The molecule has 0 atom stereocenters. The van der Waals surface area contributed by atoms with E-state index in [1.54, 1.807) is 0 Å². The summed E-state index contributed by atoms with van der Waals surface area (Å²) in [7, 11) is 0. The van der Waals surface area contributed by atoms with Crippen LogP contribution in [0.25, 0.3) is 11.3 Å². The van der Waals surface area contributed by atoms with Gasteiger partial charge in [0.05, 0.1) is 6.04 Å². The fourth-order valence-corrected chi connectivity index (χ4v) is 3.70. The molecule has 0 aliphatic carbocycles. The average Bonchev–Trinajstić information content (AvgIpc) is 2.72. The Kier molecular flexibility index (Phi) is 5.45. The van der Waals surface area contributed by atoms with Gasteiger partial charge in [0, 0.05) is 43.6 Å². The second kappa shape index (κ2) is 8.31. The highest BCUT2D eigenvalue weighted by molar-refractivity contribution is 5.60. The van der Waals surface area contributed by atoms with Gasteiger partial charge in [-0.25, -0.2) is 0 Å². The molecule has 0 spiro atoms. The molecule has 1 aliphatic rings. The van der Waals surface area contributed by atoms with Crippen molar-refractivity contribution in [3.63, 3.8) is 0 Å². The lowest BCUT2D eigenvalue weighted by atomic mass is 10.0. The van der Waals surface area contributed by atoms with Crippen LogP contribution in [0.5, 0.6) is 0 Å². The fraction of sp³-hybridized carbons (Fsp3) is 0.304. The molecule has 138 valence electrons. The van der Waals surface area contributed by atoms with E-state index >= 15 is 0 Å². The van der Waals surface area contributed by atoms with Gasteiger partial charge in [-0.1, -0.05) is 65.8 Å². The molecule has 2 N–H and O–H groups in total. The molecule has 4 heteroatoms. The van der Waals surface area contributed by atoms with Crippen molar-refractivity contribution in [2.45, 2.75) is 32.4 Å². The summed E-state index contributed by atoms with van der Waals surface area (Å²) >= 11 is 0. The topological polar surface area (TPSA) is 42.3 Å². The van der Waals surface area contributed by atoms with Crippen LogP contribution in [0.1, 0.15) is 24.0 Å². The maximum absolute atomic E-state index is 4.55. The van der Waals surface area contributed by atoms with Crippen molar-refractivity contribution in [1.82, 2.24) is 10.00 Å². The first-order chi connectivity index (χ1) is 13.3. The highest BCUT2D eigenvalue weighted by Gasteiger charge is 2.24. The molecule has 4 rings (SSSR count). The number of nitrogens with one attached hydrogen (secondary N) is 2. The van der Waals surface area contributed by atoms with Crippen LogP contribution >= 0.6 is 0 Å². The molecule has 27 heavy (non-hydrogen) atoms. The lowest BCUT2D eigenvalue weighted by Crippen LogP contribution is -2.40. The van der Waals surface area contributed by atoms with Gasteiger partial charge in [-0.05, 0) is 18.6 Å². The van der Waals surface area contributed by atoms with E-state index in [0.717, 1.165) is 49.6 Å². The highest BCUT2D eigenvalue weighted by atomic mass is 15.2. The number of anilines is 1. The Labute approximate surface area is 161 Å². The number of benzene rings is 2. The largest absolute Gasteiger partial charge is 0.299 e. The van der Waals surface area contributed by atoms with Crippen molar-refractivity contribution >= 4 is 5.82 Å². The van der Waals surface area contributed by atoms with Crippen LogP contribution < -0.4 is 10.4 Å². The number of aromatic amines is 1. The summed E-state index contributed by atoms with van der Waals surface area (Å²) in [6.45, 7) is 5.44. The number of aromatic nitrogens is 2. The third-order valence-corrected chi connectivity index (χ3v) is 5.29. The Morgan fingerprint density at radius 3 is 2.33 bits per heavy atom. The standard InChI is InChI=1S/C23H26N4/c1-18-16-22(20-10-6-3-7-11-20)25-26-23(18)24-21-12-14-27(15-13-21)17-19-8-4-2-5-9-19/h2-11,16,21H,12-15,17H2,1H3,(H,24,26)/p+1. The molecule has 1 aliphatic heterocycles. The SMILES string of the molecule is Cc1cc(-c2ccccc2)n[nH+]c1NC1CCN(Cc2ccccc2)CC1. The molecule has 0 saturated carbocycles. The predicted octanol–water partition coefficient (Wildman–Crippen LogP) is 3.95. The molecule has 0 radical (unpaired) electrons. The van der Waals surface area contributed by atoms with Crippen LogP contribution in [0.4, 0.5) is 5.82 Å². The summed E-state index contributed by atoms with van der Waals surface area (Å²) in [6.07, 6.45) is 2.31. The Morgan fingerprint density at radius 1 is 1.00 bits per heavy atom. The number of hydrogen-bond donors (Lipinski definition) is 1. The number of H-pyrrole nitrogens is 1. The zero-order valence-corrected chi connectivity index (χ0v) is 15.9. The third-order valence-electron chi connectivity index (χ3n) is 5.29. The predicted molar refractivity (Wildman–Crippen MR) is 109 cm³/mol. The van der Waals surface area contributed by atoms with Crippen molar-refractivity contribution in [3.05, 3.63) is 77.9 Å². The molecular weight excluding hydrogens is 332 g/mol. The molecule has 1 fully saturated rings. The monoisotopic (exact) mass is 359 g/mol. The molecule has 0 unspecified atom stereocenters. The van der Waals surface area contributed by atoms with Crippen molar-refractivity contribution < 1.29 is 5.10 Å². The van der Waals surface area contributed by atoms with Gasteiger partial charge in [-0.2, -0.15) is 0 Å². The second-order valence-electron chi connectivity index (χ2n) is 7.36. The molecule has 0 amide bonds. The van der Waals surface area contributed by atoms with E-state index in [0.29, 0.717) is 6.04 Å². The van der Waals surface area contributed by atoms with Crippen LogP contribution in [0.2, 0.25) is 0 Å². The van der Waals surface area contributed by atoms with Crippen molar-refractivity contribution in [2.24, 2.45) is 0 Å². The van der Waals surface area contributed by atoms with E-state index in [1.165, 1.54) is 11.1 Å². The number of likely N-dealkylation sites (tertiary alicyclic amines) is 1. The van der Waals surface area contributed by atoms with Gasteiger partial charge in [0.15, 0.2) is 0 Å². The first-order valence-corrected chi connectivity index (χ1v) is 9.75. The normalized spacial score (nSPS) is 15.6. The van der Waals surface area contributed by atoms with Crippen molar-refractivity contribution in [1.29, 1.82) is 0 Å². The maximum atomic E-state index is 4.55. The first kappa shape index (κ1) is 17.7. The Balaban J connectivity index is 1.34. The molecule has 4 nitrogen and oxygen atoms in total. The summed E-state index contributed by atoms with van der Waals surface area (Å²) in [4.78, 5) is 2.54. The minimum absolute atomic E-state index is 0.497. The average molecular weight is 359 g/mol. The Bertz CT molecular complexity index is 856. The lowest BCUT2D eigenvalue weighted by Gasteiger charge is -2.30. The second-order valence-corrected chi connectivity index (χ2v) is 7.36. The first-order valence-electron chi connectivity index (χ1n) is 9.75. The van der Waals surface area contributed by atoms with Gasteiger partial charge in [-0.3, -0.25) is 10.2 Å². The van der Waals surface area contributed by atoms with Gasteiger partial charge >= 0.3 is 0 Å². The van der Waals surface area contributed by atoms with Gasteiger partial charge in [0.2, 0.25) is 0 Å². The molecule has 3 aromatic rings. The van der Waals surface area contributed by atoms with Gasteiger partial charge in [0.25, 0.3) is 5.82 Å². The molecular formula is C23H27N4+. The number of nitrogens with zero attached hydrogens (tertiary/aromatic N) is 2. The quantitative estimate of drug-likeness (QED) is 0.750. The van der Waals surface area contributed by atoms with Crippen LogP contribution in [0.15, 0.2) is 66.7 Å². The summed E-state index contributed by atoms with van der Waals surface area (Å²) in [6, 6.07) is 23.7. The minimum atomic E-state index is 0.497. The fourth-order valence-electron chi connectivity index (χ4n) is 3.70. The number of hydrogen-bond acceptors (Lipinski definition) is 3. The van der Waals surface area contributed by atoms with Crippen molar-refractivity contribution in [2.75, 3.05) is 18.4 Å². The van der Waals surface area contributed by atoms with E-state index in [2.05, 4.69) is 75.9 Å². The summed E-state index contributed by atoms with van der Waals surface area (Å²) < 4.78 is 0. The van der Waals surface area contributed by atoms with Crippen LogP contribution in [0.3, 0.4) is 0 Å². The van der Waals surface area contributed by atoms with Crippen LogP contribution in [-0.4, -0.2) is 29.1 Å². The smallest absolute Gasteiger partial charge is 0.296 e. The molecule has 1 saturated heterocycles. The van der Waals surface area contributed by atoms with Crippen molar-refractivity contribution in [3.8, 4) is 11.3 Å². The van der Waals surface area contributed by atoms with E-state index in [4.69, 9.17) is 0 Å². The molecule has 2 aromatic carbocycles.